The Hall–Kier alpha value is -1.76. The second-order valence-corrected chi connectivity index (χ2v) is 8.45. The number of hydrogen-bond donors (Lipinski definition) is 1. The molecular weight excluding hydrogens is 334 g/mol. The number of rotatable bonds is 5. The van der Waals surface area contributed by atoms with Crippen molar-refractivity contribution in [2.24, 2.45) is 0 Å². The lowest BCUT2D eigenvalue weighted by atomic mass is 9.91. The third kappa shape index (κ3) is 3.34. The van der Waals surface area contributed by atoms with Crippen molar-refractivity contribution in [1.82, 2.24) is 19.1 Å². The van der Waals surface area contributed by atoms with Gasteiger partial charge in [0, 0.05) is 35.5 Å². The van der Waals surface area contributed by atoms with Crippen molar-refractivity contribution in [3.8, 4) is 0 Å². The molecule has 0 unspecified atom stereocenters. The molecule has 25 heavy (non-hydrogen) atoms. The molecule has 7 heteroatoms. The molecule has 0 aliphatic heterocycles. The van der Waals surface area contributed by atoms with Crippen molar-refractivity contribution in [3.63, 3.8) is 0 Å². The molecule has 5 rings (SSSR count). The lowest BCUT2D eigenvalue weighted by Crippen LogP contribution is -2.33. The first-order chi connectivity index (χ1) is 12.3. The van der Waals surface area contributed by atoms with Crippen LogP contribution in [0.15, 0.2) is 16.9 Å². The van der Waals surface area contributed by atoms with Gasteiger partial charge in [-0.2, -0.15) is 9.47 Å². The van der Waals surface area contributed by atoms with Crippen LogP contribution in [0.3, 0.4) is 0 Å². The number of nitrogens with zero attached hydrogens (tertiary/aromatic N) is 4. The van der Waals surface area contributed by atoms with Crippen LogP contribution in [0, 0.1) is 0 Å². The van der Waals surface area contributed by atoms with Crippen LogP contribution in [0.4, 0.5) is 5.13 Å². The first kappa shape index (κ1) is 15.5. The third-order valence-electron chi connectivity index (χ3n) is 5.60. The fourth-order valence-electron chi connectivity index (χ4n) is 3.74. The molecule has 0 aromatic carbocycles. The van der Waals surface area contributed by atoms with E-state index in [0.29, 0.717) is 17.9 Å². The minimum atomic E-state index is 0.0407. The van der Waals surface area contributed by atoms with Gasteiger partial charge in [-0.15, -0.1) is 0 Å². The van der Waals surface area contributed by atoms with Crippen LogP contribution in [-0.4, -0.2) is 25.2 Å². The van der Waals surface area contributed by atoms with Crippen LogP contribution in [0.5, 0.6) is 0 Å². The number of nitrogens with one attached hydrogen (secondary N) is 1. The summed E-state index contributed by atoms with van der Waals surface area (Å²) in [7, 11) is 0. The molecule has 2 aromatic rings. The molecule has 6 nitrogen and oxygen atoms in total. The fraction of sp³-hybridized carbons (Fsp3) is 0.667. The van der Waals surface area contributed by atoms with Crippen molar-refractivity contribution in [1.29, 1.82) is 0 Å². The van der Waals surface area contributed by atoms with E-state index in [1.165, 1.54) is 37.2 Å². The smallest absolute Gasteiger partial charge is 0.267 e. The summed E-state index contributed by atoms with van der Waals surface area (Å²) in [6.45, 7) is 0. The molecule has 0 saturated heterocycles. The molecule has 3 fully saturated rings. The summed E-state index contributed by atoms with van der Waals surface area (Å²) in [4.78, 5) is 16.9. The standard InChI is InChI=1S/C18H23N5OS/c24-16-10-9-15(11-1-2-11)21-23(16)14-7-5-13(6-8-14)19-18-20-17(22-25-18)12-3-4-12/h9-14H,1-8H2,(H,19,20,22). The summed E-state index contributed by atoms with van der Waals surface area (Å²) in [5.74, 6) is 2.22. The first-order valence-electron chi connectivity index (χ1n) is 9.46. The summed E-state index contributed by atoms with van der Waals surface area (Å²) in [6, 6.07) is 4.28. The average molecular weight is 357 g/mol. The second kappa shape index (κ2) is 6.20. The molecular formula is C18H23N5OS. The van der Waals surface area contributed by atoms with E-state index in [0.717, 1.165) is 42.3 Å². The molecule has 2 heterocycles. The Labute approximate surface area is 150 Å². The predicted molar refractivity (Wildman–Crippen MR) is 97.3 cm³/mol. The molecule has 0 amide bonds. The highest BCUT2D eigenvalue weighted by molar-refractivity contribution is 7.09. The highest BCUT2D eigenvalue weighted by atomic mass is 32.1. The average Bonchev–Trinajstić information content (AvgIpc) is 3.55. The maximum atomic E-state index is 12.2. The van der Waals surface area contributed by atoms with Crippen molar-refractivity contribution < 1.29 is 0 Å². The molecule has 0 bridgehead atoms. The quantitative estimate of drug-likeness (QED) is 0.887. The molecule has 0 atom stereocenters. The van der Waals surface area contributed by atoms with E-state index >= 15 is 0 Å². The van der Waals surface area contributed by atoms with E-state index < -0.39 is 0 Å². The third-order valence-corrected chi connectivity index (χ3v) is 6.26. The summed E-state index contributed by atoms with van der Waals surface area (Å²) < 4.78 is 6.21. The van der Waals surface area contributed by atoms with Gasteiger partial charge in [0.05, 0.1) is 11.7 Å². The van der Waals surface area contributed by atoms with Crippen molar-refractivity contribution in [3.05, 3.63) is 34.0 Å². The zero-order valence-electron chi connectivity index (χ0n) is 14.2. The number of hydrogen-bond acceptors (Lipinski definition) is 6. The molecule has 132 valence electrons. The lowest BCUT2D eigenvalue weighted by Gasteiger charge is -2.29. The minimum absolute atomic E-state index is 0.0407. The van der Waals surface area contributed by atoms with Gasteiger partial charge in [-0.25, -0.2) is 9.67 Å². The molecule has 0 radical (unpaired) electrons. The summed E-state index contributed by atoms with van der Waals surface area (Å²) >= 11 is 1.48. The van der Waals surface area contributed by atoms with Gasteiger partial charge >= 0.3 is 0 Å². The Morgan fingerprint density at radius 3 is 2.48 bits per heavy atom. The summed E-state index contributed by atoms with van der Waals surface area (Å²) in [5.41, 5.74) is 1.14. The summed E-state index contributed by atoms with van der Waals surface area (Å²) in [6.07, 6.45) is 8.99. The van der Waals surface area contributed by atoms with Gasteiger partial charge in [0.1, 0.15) is 5.82 Å². The highest BCUT2D eigenvalue weighted by Gasteiger charge is 2.30. The van der Waals surface area contributed by atoms with Gasteiger partial charge in [-0.1, -0.05) is 0 Å². The zero-order chi connectivity index (χ0) is 16.8. The number of anilines is 1. The van der Waals surface area contributed by atoms with Gasteiger partial charge in [0.15, 0.2) is 0 Å². The molecule has 1 N–H and O–H groups in total. The largest absolute Gasteiger partial charge is 0.358 e. The van der Waals surface area contributed by atoms with Crippen LogP contribution in [-0.2, 0) is 0 Å². The van der Waals surface area contributed by atoms with Crippen LogP contribution in [0.25, 0.3) is 0 Å². The maximum absolute atomic E-state index is 12.2. The second-order valence-electron chi connectivity index (χ2n) is 7.70. The van der Waals surface area contributed by atoms with Crippen LogP contribution in [0.2, 0.25) is 0 Å². The maximum Gasteiger partial charge on any atom is 0.267 e. The normalized spacial score (nSPS) is 26.6. The lowest BCUT2D eigenvalue weighted by molar-refractivity contribution is 0.301. The monoisotopic (exact) mass is 357 g/mol. The van der Waals surface area contributed by atoms with E-state index in [4.69, 9.17) is 0 Å². The fourth-order valence-corrected chi connectivity index (χ4v) is 4.46. The van der Waals surface area contributed by atoms with Gasteiger partial charge in [0.2, 0.25) is 5.13 Å². The molecule has 0 spiro atoms. The highest BCUT2D eigenvalue weighted by Crippen LogP contribution is 2.40. The zero-order valence-corrected chi connectivity index (χ0v) is 15.0. The Balaban J connectivity index is 1.22. The Kier molecular flexibility index (Phi) is 3.84. The van der Waals surface area contributed by atoms with Gasteiger partial charge < -0.3 is 5.32 Å². The van der Waals surface area contributed by atoms with Crippen molar-refractivity contribution in [2.45, 2.75) is 75.3 Å². The number of aromatic nitrogens is 4. The van der Waals surface area contributed by atoms with Crippen LogP contribution < -0.4 is 10.9 Å². The van der Waals surface area contributed by atoms with Gasteiger partial charge in [-0.05, 0) is 57.4 Å². The molecule has 2 aromatic heterocycles. The van der Waals surface area contributed by atoms with E-state index in [1.807, 2.05) is 6.07 Å². The van der Waals surface area contributed by atoms with E-state index in [2.05, 4.69) is 19.8 Å². The van der Waals surface area contributed by atoms with Crippen molar-refractivity contribution in [2.75, 3.05) is 5.32 Å². The predicted octanol–water partition coefficient (Wildman–Crippen LogP) is 3.45. The molecule has 3 saturated carbocycles. The Bertz CT molecular complexity index is 815. The van der Waals surface area contributed by atoms with Crippen LogP contribution in [0.1, 0.15) is 80.8 Å². The van der Waals surface area contributed by atoms with Gasteiger partial charge in [0.25, 0.3) is 5.56 Å². The SMILES string of the molecule is O=c1ccc(C2CC2)nn1C1CCC(Nc2nc(C3CC3)ns2)CC1. The first-order valence-corrected chi connectivity index (χ1v) is 10.2. The topological polar surface area (TPSA) is 72.7 Å². The van der Waals surface area contributed by atoms with Gasteiger partial charge in [-0.3, -0.25) is 4.79 Å². The van der Waals surface area contributed by atoms with Crippen molar-refractivity contribution >= 4 is 16.7 Å². The molecule has 3 aliphatic carbocycles. The summed E-state index contributed by atoms with van der Waals surface area (Å²) in [5, 5.41) is 9.16. The Morgan fingerprint density at radius 1 is 1.00 bits per heavy atom. The van der Waals surface area contributed by atoms with E-state index in [9.17, 15) is 4.79 Å². The Morgan fingerprint density at radius 2 is 1.76 bits per heavy atom. The minimum Gasteiger partial charge on any atom is -0.358 e. The van der Waals surface area contributed by atoms with E-state index in [-0.39, 0.29) is 11.6 Å². The van der Waals surface area contributed by atoms with E-state index in [1.54, 1.807) is 10.7 Å². The van der Waals surface area contributed by atoms with Crippen LogP contribution >= 0.6 is 11.5 Å². The molecule has 3 aliphatic rings.